The third-order valence-corrected chi connectivity index (χ3v) is 4.02. The molecule has 1 fully saturated rings. The van der Waals surface area contributed by atoms with Crippen LogP contribution in [0.25, 0.3) is 0 Å². The number of nitrogens with one attached hydrogen (secondary N) is 1. The molecule has 0 bridgehead atoms. The van der Waals surface area contributed by atoms with Crippen LogP contribution in [0.2, 0.25) is 5.02 Å². The van der Waals surface area contributed by atoms with Crippen LogP contribution in [-0.2, 0) is 0 Å². The van der Waals surface area contributed by atoms with Crippen LogP contribution in [0.3, 0.4) is 0 Å². The Balaban J connectivity index is 2.07. The molecule has 1 unspecified atom stereocenters. The Morgan fingerprint density at radius 3 is 3.07 bits per heavy atom. The van der Waals surface area contributed by atoms with Gasteiger partial charge in [-0.2, -0.15) is 0 Å². The maximum atomic E-state index is 12.0. The molecule has 0 aromatic carbocycles. The largest absolute Gasteiger partial charge is 0.336 e. The minimum absolute atomic E-state index is 0.0627. The Morgan fingerprint density at radius 2 is 2.53 bits per heavy atom. The predicted molar refractivity (Wildman–Crippen MR) is 62.7 cm³/mol. The molecule has 0 spiro atoms. The van der Waals surface area contributed by atoms with Crippen LogP contribution in [0, 0.1) is 0 Å². The second-order valence-electron chi connectivity index (χ2n) is 3.62. The Morgan fingerprint density at radius 1 is 1.73 bits per heavy atom. The van der Waals surface area contributed by atoms with Gasteiger partial charge in [0, 0.05) is 19.1 Å². The number of amides is 1. The van der Waals surface area contributed by atoms with E-state index in [1.807, 2.05) is 17.3 Å². The number of hydrogen-bond donors (Lipinski definition) is 1. The van der Waals surface area contributed by atoms with Gasteiger partial charge in [-0.1, -0.05) is 11.6 Å². The summed E-state index contributed by atoms with van der Waals surface area (Å²) in [6.45, 7) is 1.60. The van der Waals surface area contributed by atoms with Crippen molar-refractivity contribution in [3.05, 3.63) is 21.3 Å². The molecule has 1 saturated heterocycles. The fraction of sp³-hybridized carbons (Fsp3) is 0.500. The van der Waals surface area contributed by atoms with Gasteiger partial charge < -0.3 is 10.2 Å². The molecule has 0 saturated carbocycles. The number of likely N-dealkylation sites (N-methyl/N-ethyl adjacent to an activating group) is 1. The van der Waals surface area contributed by atoms with Crippen molar-refractivity contribution in [3.63, 3.8) is 0 Å². The first-order valence-corrected chi connectivity index (χ1v) is 6.17. The van der Waals surface area contributed by atoms with E-state index in [4.69, 9.17) is 11.6 Å². The minimum Gasteiger partial charge on any atom is -0.336 e. The zero-order valence-electron chi connectivity index (χ0n) is 8.50. The molecular formula is C10H13ClN2OS. The van der Waals surface area contributed by atoms with Crippen LogP contribution in [0.5, 0.6) is 0 Å². The number of hydrogen-bond acceptors (Lipinski definition) is 3. The van der Waals surface area contributed by atoms with Crippen molar-refractivity contribution in [1.29, 1.82) is 0 Å². The smallest absolute Gasteiger partial charge is 0.265 e. The summed E-state index contributed by atoms with van der Waals surface area (Å²) in [5, 5.41) is 5.60. The number of carbonyl (C=O) groups excluding carboxylic acids is 1. The summed E-state index contributed by atoms with van der Waals surface area (Å²) < 4.78 is 0. The van der Waals surface area contributed by atoms with Gasteiger partial charge in [0.15, 0.2) is 0 Å². The first kappa shape index (κ1) is 10.9. The fourth-order valence-corrected chi connectivity index (χ4v) is 2.87. The lowest BCUT2D eigenvalue weighted by Crippen LogP contribution is -2.33. The number of nitrogens with zero attached hydrogens (tertiary/aromatic N) is 1. The topological polar surface area (TPSA) is 32.3 Å². The van der Waals surface area contributed by atoms with Crippen LogP contribution in [0.4, 0.5) is 0 Å². The van der Waals surface area contributed by atoms with Gasteiger partial charge in [0.25, 0.3) is 5.91 Å². The van der Waals surface area contributed by atoms with Crippen molar-refractivity contribution in [3.8, 4) is 0 Å². The van der Waals surface area contributed by atoms with Gasteiger partial charge in [-0.05, 0) is 24.9 Å². The summed E-state index contributed by atoms with van der Waals surface area (Å²) in [5.41, 5.74) is 0. The summed E-state index contributed by atoms with van der Waals surface area (Å²) in [4.78, 5) is 14.5. The van der Waals surface area contributed by atoms with Gasteiger partial charge in [-0.15, -0.1) is 11.3 Å². The molecule has 1 aromatic heterocycles. The minimum atomic E-state index is 0.0627. The molecule has 1 aromatic rings. The van der Waals surface area contributed by atoms with Gasteiger partial charge in [-0.25, -0.2) is 0 Å². The number of thiophene rings is 1. The standard InChI is InChI=1S/C10H13ClN2OS/c1-12-7-2-4-13(6-7)10(14)9-8(11)3-5-15-9/h3,5,7,12H,2,4,6H2,1H3. The lowest BCUT2D eigenvalue weighted by atomic mass is 10.3. The number of halogens is 1. The van der Waals surface area contributed by atoms with E-state index in [1.54, 1.807) is 6.07 Å². The maximum Gasteiger partial charge on any atom is 0.265 e. The van der Waals surface area contributed by atoms with Crippen molar-refractivity contribution < 1.29 is 4.79 Å². The second kappa shape index (κ2) is 4.51. The molecule has 1 atom stereocenters. The normalized spacial score (nSPS) is 20.9. The van der Waals surface area contributed by atoms with Gasteiger partial charge in [0.2, 0.25) is 0 Å². The van der Waals surface area contributed by atoms with Crippen LogP contribution in [-0.4, -0.2) is 37.0 Å². The van der Waals surface area contributed by atoms with E-state index >= 15 is 0 Å². The maximum absolute atomic E-state index is 12.0. The molecule has 0 radical (unpaired) electrons. The summed E-state index contributed by atoms with van der Waals surface area (Å²) >= 11 is 7.34. The average molecular weight is 245 g/mol. The lowest BCUT2D eigenvalue weighted by Gasteiger charge is -2.15. The van der Waals surface area contributed by atoms with E-state index < -0.39 is 0 Å². The van der Waals surface area contributed by atoms with E-state index in [0.717, 1.165) is 19.5 Å². The van der Waals surface area contributed by atoms with Crippen molar-refractivity contribution in [2.24, 2.45) is 0 Å². The Labute approximate surface area is 98.0 Å². The molecule has 1 aliphatic heterocycles. The molecule has 2 heterocycles. The van der Waals surface area contributed by atoms with Crippen LogP contribution in [0.15, 0.2) is 11.4 Å². The van der Waals surface area contributed by atoms with Crippen molar-refractivity contribution in [2.45, 2.75) is 12.5 Å². The molecule has 82 valence electrons. The van der Waals surface area contributed by atoms with E-state index in [1.165, 1.54) is 11.3 Å². The highest BCUT2D eigenvalue weighted by Crippen LogP contribution is 2.25. The Kier molecular flexibility index (Phi) is 3.29. The van der Waals surface area contributed by atoms with Crippen LogP contribution < -0.4 is 5.32 Å². The van der Waals surface area contributed by atoms with Crippen molar-refractivity contribution >= 4 is 28.8 Å². The highest BCUT2D eigenvalue weighted by Gasteiger charge is 2.27. The van der Waals surface area contributed by atoms with Gasteiger partial charge in [-0.3, -0.25) is 4.79 Å². The number of carbonyl (C=O) groups is 1. The molecule has 2 rings (SSSR count). The fourth-order valence-electron chi connectivity index (χ4n) is 1.77. The third kappa shape index (κ3) is 2.17. The molecular weight excluding hydrogens is 232 g/mol. The van der Waals surface area contributed by atoms with Crippen molar-refractivity contribution in [2.75, 3.05) is 20.1 Å². The zero-order chi connectivity index (χ0) is 10.8. The van der Waals surface area contributed by atoms with Gasteiger partial charge in [0.1, 0.15) is 4.88 Å². The number of rotatable bonds is 2. The van der Waals surface area contributed by atoms with E-state index in [0.29, 0.717) is 15.9 Å². The molecule has 1 amide bonds. The van der Waals surface area contributed by atoms with E-state index in [-0.39, 0.29) is 5.91 Å². The Hall–Kier alpha value is -0.580. The summed E-state index contributed by atoms with van der Waals surface area (Å²) in [6.07, 6.45) is 1.02. The van der Waals surface area contributed by atoms with Gasteiger partial charge in [0.05, 0.1) is 5.02 Å². The summed E-state index contributed by atoms with van der Waals surface area (Å²) in [7, 11) is 1.93. The summed E-state index contributed by atoms with van der Waals surface area (Å²) in [6, 6.07) is 2.19. The monoisotopic (exact) mass is 244 g/mol. The predicted octanol–water partition coefficient (Wildman–Crippen LogP) is 1.84. The third-order valence-electron chi connectivity index (χ3n) is 2.70. The molecule has 15 heavy (non-hydrogen) atoms. The summed E-state index contributed by atoms with van der Waals surface area (Å²) in [5.74, 6) is 0.0627. The van der Waals surface area contributed by atoms with Crippen LogP contribution >= 0.6 is 22.9 Å². The first-order valence-electron chi connectivity index (χ1n) is 4.92. The zero-order valence-corrected chi connectivity index (χ0v) is 10.1. The number of likely N-dealkylation sites (tertiary alicyclic amines) is 1. The van der Waals surface area contributed by atoms with E-state index in [9.17, 15) is 4.79 Å². The van der Waals surface area contributed by atoms with Crippen LogP contribution in [0.1, 0.15) is 16.1 Å². The molecule has 5 heteroatoms. The van der Waals surface area contributed by atoms with Crippen molar-refractivity contribution in [1.82, 2.24) is 10.2 Å². The average Bonchev–Trinajstić information content (AvgIpc) is 2.84. The Bertz CT molecular complexity index is 366. The first-order chi connectivity index (χ1) is 7.22. The lowest BCUT2D eigenvalue weighted by molar-refractivity contribution is 0.0794. The molecule has 0 aliphatic carbocycles. The van der Waals surface area contributed by atoms with E-state index in [2.05, 4.69) is 5.32 Å². The highest BCUT2D eigenvalue weighted by atomic mass is 35.5. The molecule has 1 aliphatic rings. The quantitative estimate of drug-likeness (QED) is 0.861. The molecule has 3 nitrogen and oxygen atoms in total. The second-order valence-corrected chi connectivity index (χ2v) is 4.95. The SMILES string of the molecule is CNC1CCN(C(=O)c2sccc2Cl)C1. The molecule has 1 N–H and O–H groups in total. The highest BCUT2D eigenvalue weighted by molar-refractivity contribution is 7.12. The van der Waals surface area contributed by atoms with Gasteiger partial charge >= 0.3 is 0 Å².